The Morgan fingerprint density at radius 1 is 1.47 bits per heavy atom. The van der Waals surface area contributed by atoms with Gasteiger partial charge in [-0.05, 0) is 35.0 Å². The second kappa shape index (κ2) is 7.28. The average Bonchev–Trinajstić information content (AvgIpc) is 2.26. The first-order valence-corrected chi connectivity index (χ1v) is 6.74. The number of rotatable bonds is 6. The Kier molecular flexibility index (Phi) is 6.32. The maximum atomic E-state index is 5.61. The van der Waals surface area contributed by atoms with E-state index in [1.165, 1.54) is 4.90 Å². The van der Waals surface area contributed by atoms with E-state index in [0.29, 0.717) is 6.54 Å². The summed E-state index contributed by atoms with van der Waals surface area (Å²) < 4.78 is 6.62. The normalized spacial score (nSPS) is 12.7. The van der Waals surface area contributed by atoms with Gasteiger partial charge in [0.15, 0.2) is 0 Å². The Bertz CT molecular complexity index is 296. The molecule has 0 aromatic heterocycles. The highest BCUT2D eigenvalue weighted by atomic mass is 79.9. The van der Waals surface area contributed by atoms with Crippen LogP contribution >= 0.6 is 27.7 Å². The van der Waals surface area contributed by atoms with E-state index in [0.717, 1.165) is 16.8 Å². The minimum atomic E-state index is 0.145. The fourth-order valence-corrected chi connectivity index (χ4v) is 2.77. The second-order valence-electron chi connectivity index (χ2n) is 3.05. The van der Waals surface area contributed by atoms with Crippen LogP contribution < -0.4 is 5.73 Å². The van der Waals surface area contributed by atoms with Crippen molar-refractivity contribution in [3.8, 4) is 0 Å². The van der Waals surface area contributed by atoms with Crippen LogP contribution in [0.25, 0.3) is 0 Å². The maximum absolute atomic E-state index is 5.61. The van der Waals surface area contributed by atoms with Crippen molar-refractivity contribution in [2.24, 2.45) is 5.73 Å². The quantitative estimate of drug-likeness (QED) is 0.818. The second-order valence-corrected chi connectivity index (χ2v) is 4.97. The molecule has 15 heavy (non-hydrogen) atoms. The zero-order valence-electron chi connectivity index (χ0n) is 8.78. The van der Waals surface area contributed by atoms with Gasteiger partial charge in [0.1, 0.15) is 0 Å². The third-order valence-corrected chi connectivity index (χ3v) is 4.09. The van der Waals surface area contributed by atoms with Crippen molar-refractivity contribution < 1.29 is 4.74 Å². The van der Waals surface area contributed by atoms with Gasteiger partial charge in [-0.25, -0.2) is 0 Å². The van der Waals surface area contributed by atoms with Gasteiger partial charge in [-0.1, -0.05) is 12.1 Å². The minimum absolute atomic E-state index is 0.145. The van der Waals surface area contributed by atoms with Crippen LogP contribution in [0.2, 0.25) is 0 Å². The standard InChI is InChI=1S/C11H16BrNOS/c1-2-14-9(7-13)8-15-11-6-4-3-5-10(11)12/h3-6,9H,2,7-8,13H2,1H3. The van der Waals surface area contributed by atoms with Crippen LogP contribution in [0.3, 0.4) is 0 Å². The van der Waals surface area contributed by atoms with Crippen molar-refractivity contribution in [1.82, 2.24) is 0 Å². The van der Waals surface area contributed by atoms with Crippen molar-refractivity contribution >= 4 is 27.7 Å². The average molecular weight is 290 g/mol. The summed E-state index contributed by atoms with van der Waals surface area (Å²) in [6.07, 6.45) is 0.145. The van der Waals surface area contributed by atoms with Gasteiger partial charge in [0.05, 0.1) is 6.10 Å². The molecule has 0 heterocycles. The van der Waals surface area contributed by atoms with Gasteiger partial charge >= 0.3 is 0 Å². The highest BCUT2D eigenvalue weighted by Gasteiger charge is 2.07. The Morgan fingerprint density at radius 3 is 2.80 bits per heavy atom. The van der Waals surface area contributed by atoms with Crippen LogP contribution in [-0.2, 0) is 4.74 Å². The number of ether oxygens (including phenoxy) is 1. The van der Waals surface area contributed by atoms with Crippen molar-refractivity contribution in [2.75, 3.05) is 18.9 Å². The number of benzene rings is 1. The molecule has 1 rings (SSSR count). The summed E-state index contributed by atoms with van der Waals surface area (Å²) >= 11 is 5.28. The lowest BCUT2D eigenvalue weighted by Gasteiger charge is -2.14. The molecule has 0 aliphatic carbocycles. The molecule has 0 fully saturated rings. The van der Waals surface area contributed by atoms with E-state index in [2.05, 4.69) is 22.0 Å². The molecule has 1 aromatic rings. The number of thioether (sulfide) groups is 1. The summed E-state index contributed by atoms with van der Waals surface area (Å²) in [7, 11) is 0. The van der Waals surface area contributed by atoms with Gasteiger partial charge in [0.25, 0.3) is 0 Å². The molecule has 0 radical (unpaired) electrons. The Balaban J connectivity index is 2.45. The third-order valence-electron chi connectivity index (χ3n) is 1.93. The van der Waals surface area contributed by atoms with E-state index in [1.54, 1.807) is 11.8 Å². The molecule has 0 aliphatic rings. The summed E-state index contributed by atoms with van der Waals surface area (Å²) in [6, 6.07) is 8.18. The Hall–Kier alpha value is -0.0300. The zero-order chi connectivity index (χ0) is 11.1. The molecule has 1 aromatic carbocycles. The number of nitrogens with two attached hydrogens (primary N) is 1. The van der Waals surface area contributed by atoms with E-state index in [9.17, 15) is 0 Å². The van der Waals surface area contributed by atoms with E-state index >= 15 is 0 Å². The van der Waals surface area contributed by atoms with Gasteiger partial charge in [-0.15, -0.1) is 11.8 Å². The highest BCUT2D eigenvalue weighted by Crippen LogP contribution is 2.27. The van der Waals surface area contributed by atoms with Gasteiger partial charge in [0.2, 0.25) is 0 Å². The molecule has 2 N–H and O–H groups in total. The number of hydrogen-bond acceptors (Lipinski definition) is 3. The Morgan fingerprint density at radius 2 is 2.20 bits per heavy atom. The van der Waals surface area contributed by atoms with Crippen LogP contribution in [0.1, 0.15) is 6.92 Å². The lowest BCUT2D eigenvalue weighted by Crippen LogP contribution is -2.26. The van der Waals surface area contributed by atoms with Crippen LogP contribution in [0.4, 0.5) is 0 Å². The molecule has 4 heteroatoms. The molecule has 0 bridgehead atoms. The van der Waals surface area contributed by atoms with Crippen LogP contribution in [0, 0.1) is 0 Å². The SMILES string of the molecule is CCOC(CN)CSc1ccccc1Br. The van der Waals surface area contributed by atoms with E-state index in [-0.39, 0.29) is 6.10 Å². The van der Waals surface area contributed by atoms with Crippen molar-refractivity contribution in [1.29, 1.82) is 0 Å². The van der Waals surface area contributed by atoms with Crippen molar-refractivity contribution in [2.45, 2.75) is 17.9 Å². The van der Waals surface area contributed by atoms with Gasteiger partial charge in [-0.2, -0.15) is 0 Å². The van der Waals surface area contributed by atoms with E-state index < -0.39 is 0 Å². The van der Waals surface area contributed by atoms with Crippen LogP contribution in [0.15, 0.2) is 33.6 Å². The molecule has 0 spiro atoms. The van der Waals surface area contributed by atoms with Crippen molar-refractivity contribution in [3.05, 3.63) is 28.7 Å². The van der Waals surface area contributed by atoms with Crippen molar-refractivity contribution in [3.63, 3.8) is 0 Å². The molecule has 0 saturated heterocycles. The summed E-state index contributed by atoms with van der Waals surface area (Å²) in [6.45, 7) is 3.29. The first kappa shape index (κ1) is 13.0. The fraction of sp³-hybridized carbons (Fsp3) is 0.455. The molecule has 0 saturated carbocycles. The predicted octanol–water partition coefficient (Wildman–Crippen LogP) is 2.91. The molecule has 2 nitrogen and oxygen atoms in total. The molecule has 1 unspecified atom stereocenters. The minimum Gasteiger partial charge on any atom is -0.376 e. The summed E-state index contributed by atoms with van der Waals surface area (Å²) in [5.41, 5.74) is 5.61. The van der Waals surface area contributed by atoms with Crippen LogP contribution in [0.5, 0.6) is 0 Å². The maximum Gasteiger partial charge on any atom is 0.0790 e. The molecular weight excluding hydrogens is 274 g/mol. The molecule has 1 atom stereocenters. The number of halogens is 1. The fourth-order valence-electron chi connectivity index (χ4n) is 1.16. The van der Waals surface area contributed by atoms with E-state index in [1.807, 2.05) is 25.1 Å². The summed E-state index contributed by atoms with van der Waals surface area (Å²) in [4.78, 5) is 1.23. The smallest absolute Gasteiger partial charge is 0.0790 e. The molecule has 84 valence electrons. The monoisotopic (exact) mass is 289 g/mol. The first-order chi connectivity index (χ1) is 7.27. The molecular formula is C11H16BrNOS. The lowest BCUT2D eigenvalue weighted by molar-refractivity contribution is 0.0858. The molecule has 0 amide bonds. The Labute approximate surface area is 104 Å². The van der Waals surface area contributed by atoms with Gasteiger partial charge < -0.3 is 10.5 Å². The first-order valence-electron chi connectivity index (χ1n) is 4.97. The van der Waals surface area contributed by atoms with Crippen LogP contribution in [-0.4, -0.2) is 25.0 Å². The van der Waals surface area contributed by atoms with Gasteiger partial charge in [-0.3, -0.25) is 0 Å². The zero-order valence-corrected chi connectivity index (χ0v) is 11.2. The third kappa shape index (κ3) is 4.55. The van der Waals surface area contributed by atoms with E-state index in [4.69, 9.17) is 10.5 Å². The predicted molar refractivity (Wildman–Crippen MR) is 69.3 cm³/mol. The van der Waals surface area contributed by atoms with Gasteiger partial charge in [0, 0.05) is 28.3 Å². The molecule has 0 aliphatic heterocycles. The lowest BCUT2D eigenvalue weighted by atomic mass is 10.4. The summed E-state index contributed by atoms with van der Waals surface area (Å²) in [5, 5.41) is 0. The largest absolute Gasteiger partial charge is 0.376 e. The highest BCUT2D eigenvalue weighted by molar-refractivity contribution is 9.10. The summed E-state index contributed by atoms with van der Waals surface area (Å²) in [5.74, 6) is 0.896. The topological polar surface area (TPSA) is 35.2 Å². The number of hydrogen-bond donors (Lipinski definition) is 1.